The lowest BCUT2D eigenvalue weighted by Crippen LogP contribution is -2.18. The van der Waals surface area contributed by atoms with E-state index in [4.69, 9.17) is 30.8 Å². The molecule has 0 aliphatic carbocycles. The molecule has 4 rings (SSSR count). The van der Waals surface area contributed by atoms with Crippen LogP contribution in [0, 0.1) is 0 Å². The molecule has 8 heteroatoms. The number of carbonyl (C=O) groups excluding carboxylic acids is 1. The number of benzene rings is 3. The monoisotopic (exact) mass is 475 g/mol. The van der Waals surface area contributed by atoms with Gasteiger partial charge in [0.2, 0.25) is 5.75 Å². The minimum Gasteiger partial charge on any atom is -0.493 e. The van der Waals surface area contributed by atoms with Gasteiger partial charge in [0.05, 0.1) is 44.3 Å². The van der Waals surface area contributed by atoms with Crippen LogP contribution < -0.4 is 19.6 Å². The van der Waals surface area contributed by atoms with Gasteiger partial charge in [-0.3, -0.25) is 4.79 Å². The van der Waals surface area contributed by atoms with Crippen molar-refractivity contribution < 1.29 is 19.0 Å². The minimum atomic E-state index is -0.363. The van der Waals surface area contributed by atoms with Gasteiger partial charge in [-0.1, -0.05) is 41.9 Å². The number of carbonyl (C=O) groups is 1. The van der Waals surface area contributed by atoms with Crippen molar-refractivity contribution in [3.8, 4) is 28.5 Å². The van der Waals surface area contributed by atoms with Crippen LogP contribution in [0.3, 0.4) is 0 Å². The van der Waals surface area contributed by atoms with Crippen LogP contribution in [0.25, 0.3) is 22.2 Å². The highest BCUT2D eigenvalue weighted by atomic mass is 35.5. The maximum Gasteiger partial charge on any atom is 0.272 e. The molecule has 1 heterocycles. The van der Waals surface area contributed by atoms with Crippen molar-refractivity contribution in [3.05, 3.63) is 82.9 Å². The molecule has 1 amide bonds. The number of nitrogens with one attached hydrogen (secondary N) is 1. The summed E-state index contributed by atoms with van der Waals surface area (Å²) >= 11 is 6.02. The molecular formula is C26H22ClN3O4. The van der Waals surface area contributed by atoms with E-state index in [1.807, 2.05) is 36.4 Å². The molecule has 34 heavy (non-hydrogen) atoms. The Morgan fingerprint density at radius 2 is 1.62 bits per heavy atom. The van der Waals surface area contributed by atoms with Gasteiger partial charge in [0, 0.05) is 21.5 Å². The Balaban J connectivity index is 1.64. The minimum absolute atomic E-state index is 0.363. The zero-order valence-corrected chi connectivity index (χ0v) is 19.6. The molecule has 0 bridgehead atoms. The van der Waals surface area contributed by atoms with Gasteiger partial charge in [-0.05, 0) is 36.4 Å². The summed E-state index contributed by atoms with van der Waals surface area (Å²) in [5.74, 6) is 1.09. The van der Waals surface area contributed by atoms with Crippen LogP contribution in [-0.4, -0.2) is 38.4 Å². The second-order valence-electron chi connectivity index (χ2n) is 7.24. The quantitative estimate of drug-likeness (QED) is 0.288. The number of halogens is 1. The molecule has 3 aromatic carbocycles. The zero-order chi connectivity index (χ0) is 24.1. The molecule has 1 aromatic heterocycles. The SMILES string of the molecule is COc1cc(C=NNC(=O)c2cc(-c3ccc(Cl)cc3)nc3ccccc23)cc(OC)c1OC. The average Bonchev–Trinajstić information content (AvgIpc) is 2.87. The van der Waals surface area contributed by atoms with Crippen LogP contribution in [0.15, 0.2) is 71.8 Å². The fourth-order valence-corrected chi connectivity index (χ4v) is 3.66. The predicted molar refractivity (Wildman–Crippen MR) is 133 cm³/mol. The number of fused-ring (bicyclic) bond motifs is 1. The van der Waals surface area contributed by atoms with Crippen LogP contribution in [0.5, 0.6) is 17.2 Å². The molecule has 0 aliphatic rings. The first-order chi connectivity index (χ1) is 16.5. The molecule has 0 unspecified atom stereocenters. The van der Waals surface area contributed by atoms with Crippen molar-refractivity contribution in [2.24, 2.45) is 5.10 Å². The fourth-order valence-electron chi connectivity index (χ4n) is 3.53. The number of nitrogens with zero attached hydrogens (tertiary/aromatic N) is 2. The van der Waals surface area contributed by atoms with Crippen molar-refractivity contribution in [1.29, 1.82) is 0 Å². The van der Waals surface area contributed by atoms with E-state index < -0.39 is 0 Å². The lowest BCUT2D eigenvalue weighted by molar-refractivity contribution is 0.0956. The maximum absolute atomic E-state index is 13.1. The summed E-state index contributed by atoms with van der Waals surface area (Å²) in [7, 11) is 4.60. The molecule has 0 radical (unpaired) electrons. The summed E-state index contributed by atoms with van der Waals surface area (Å²) in [5.41, 5.74) is 5.93. The second kappa shape index (κ2) is 10.2. The molecule has 172 valence electrons. The number of amides is 1. The molecule has 0 saturated heterocycles. The highest BCUT2D eigenvalue weighted by Gasteiger charge is 2.15. The third-order valence-corrected chi connectivity index (χ3v) is 5.42. The first-order valence-corrected chi connectivity index (χ1v) is 10.7. The Hall–Kier alpha value is -4.10. The highest BCUT2D eigenvalue weighted by molar-refractivity contribution is 6.30. The summed E-state index contributed by atoms with van der Waals surface area (Å²) in [4.78, 5) is 17.8. The first kappa shape index (κ1) is 23.1. The third-order valence-electron chi connectivity index (χ3n) is 5.17. The number of ether oxygens (including phenoxy) is 3. The lowest BCUT2D eigenvalue weighted by Gasteiger charge is -2.12. The fraction of sp³-hybridized carbons (Fsp3) is 0.115. The molecule has 7 nitrogen and oxygen atoms in total. The number of hydrazone groups is 1. The average molecular weight is 476 g/mol. The smallest absolute Gasteiger partial charge is 0.272 e. The molecule has 0 spiro atoms. The van der Waals surface area contributed by atoms with Gasteiger partial charge in [0.1, 0.15) is 0 Å². The van der Waals surface area contributed by atoms with Gasteiger partial charge >= 0.3 is 0 Å². The molecule has 0 atom stereocenters. The summed E-state index contributed by atoms with van der Waals surface area (Å²) in [6.07, 6.45) is 1.51. The number of hydrogen-bond acceptors (Lipinski definition) is 6. The summed E-state index contributed by atoms with van der Waals surface area (Å²) in [6, 6.07) is 20.0. The Labute approximate surface area is 201 Å². The van der Waals surface area contributed by atoms with Crippen LogP contribution in [0.2, 0.25) is 5.02 Å². The van der Waals surface area contributed by atoms with Crippen LogP contribution >= 0.6 is 11.6 Å². The number of methoxy groups -OCH3 is 3. The van der Waals surface area contributed by atoms with E-state index in [-0.39, 0.29) is 5.91 Å². The van der Waals surface area contributed by atoms with Crippen LogP contribution in [0.1, 0.15) is 15.9 Å². The Morgan fingerprint density at radius 3 is 2.26 bits per heavy atom. The predicted octanol–water partition coefficient (Wildman–Crippen LogP) is 5.34. The first-order valence-electron chi connectivity index (χ1n) is 10.3. The molecule has 0 aliphatic heterocycles. The van der Waals surface area contributed by atoms with Gasteiger partial charge in [-0.2, -0.15) is 5.10 Å². The van der Waals surface area contributed by atoms with Gasteiger partial charge in [0.15, 0.2) is 11.5 Å². The normalized spacial score (nSPS) is 10.9. The molecule has 0 saturated carbocycles. The van der Waals surface area contributed by atoms with Crippen LogP contribution in [0.4, 0.5) is 0 Å². The van der Waals surface area contributed by atoms with E-state index in [0.29, 0.717) is 44.6 Å². The summed E-state index contributed by atoms with van der Waals surface area (Å²) in [5, 5.41) is 5.48. The highest BCUT2D eigenvalue weighted by Crippen LogP contribution is 2.37. The van der Waals surface area contributed by atoms with E-state index in [1.54, 1.807) is 30.3 Å². The van der Waals surface area contributed by atoms with Crippen molar-refractivity contribution in [2.45, 2.75) is 0 Å². The van der Waals surface area contributed by atoms with Crippen LogP contribution in [-0.2, 0) is 0 Å². The Morgan fingerprint density at radius 1 is 0.941 bits per heavy atom. The molecular weight excluding hydrogens is 454 g/mol. The topological polar surface area (TPSA) is 82.0 Å². The number of para-hydroxylation sites is 1. The van der Waals surface area contributed by atoms with Gasteiger partial charge in [-0.15, -0.1) is 0 Å². The Bertz CT molecular complexity index is 1350. The van der Waals surface area contributed by atoms with E-state index in [9.17, 15) is 4.79 Å². The van der Waals surface area contributed by atoms with Crippen molar-refractivity contribution in [2.75, 3.05) is 21.3 Å². The van der Waals surface area contributed by atoms with Crippen molar-refractivity contribution in [3.63, 3.8) is 0 Å². The molecule has 0 fully saturated rings. The number of hydrogen-bond donors (Lipinski definition) is 1. The number of pyridine rings is 1. The van der Waals surface area contributed by atoms with Gasteiger partial charge in [0.25, 0.3) is 5.91 Å². The summed E-state index contributed by atoms with van der Waals surface area (Å²) in [6.45, 7) is 0. The molecule has 4 aromatic rings. The standard InChI is InChI=1S/C26H22ClN3O4/c1-32-23-12-16(13-24(33-2)25(23)34-3)15-28-30-26(31)20-14-22(17-8-10-18(27)11-9-17)29-21-7-5-4-6-19(20)21/h4-15H,1-3H3,(H,30,31). The third kappa shape index (κ3) is 4.79. The summed E-state index contributed by atoms with van der Waals surface area (Å²) < 4.78 is 16.0. The van der Waals surface area contributed by atoms with E-state index in [0.717, 1.165) is 10.9 Å². The zero-order valence-electron chi connectivity index (χ0n) is 18.8. The van der Waals surface area contributed by atoms with Crippen molar-refractivity contribution in [1.82, 2.24) is 10.4 Å². The van der Waals surface area contributed by atoms with E-state index in [2.05, 4.69) is 10.5 Å². The second-order valence-corrected chi connectivity index (χ2v) is 7.67. The lowest BCUT2D eigenvalue weighted by atomic mass is 10.0. The van der Waals surface area contributed by atoms with Crippen molar-refractivity contribution >= 4 is 34.6 Å². The van der Waals surface area contributed by atoms with E-state index in [1.165, 1.54) is 27.5 Å². The molecule has 1 N–H and O–H groups in total. The maximum atomic E-state index is 13.1. The van der Waals surface area contributed by atoms with Gasteiger partial charge < -0.3 is 14.2 Å². The Kier molecular flexibility index (Phi) is 6.94. The largest absolute Gasteiger partial charge is 0.493 e. The van der Waals surface area contributed by atoms with E-state index >= 15 is 0 Å². The van der Waals surface area contributed by atoms with Gasteiger partial charge in [-0.25, -0.2) is 10.4 Å². The number of aromatic nitrogens is 1. The number of rotatable bonds is 7.